The number of rotatable bonds is 5. The minimum atomic E-state index is -0.461. The van der Waals surface area contributed by atoms with Crippen LogP contribution in [0.2, 0.25) is 0 Å². The van der Waals surface area contributed by atoms with E-state index in [1.165, 1.54) is 12.1 Å². The Labute approximate surface area is 144 Å². The molecule has 25 heavy (non-hydrogen) atoms. The molecule has 0 radical (unpaired) electrons. The smallest absolute Gasteiger partial charge is 0.338 e. The molecule has 2 aromatic carbocycles. The molecular formula is C19H17FN2O3. The first-order valence-electron chi connectivity index (χ1n) is 7.88. The molecule has 0 aliphatic heterocycles. The number of hydrogen-bond donors (Lipinski definition) is 0. The SMILES string of the molecule is CC(C)c1ccc(C(=O)OCc2nc(-c3ccc(F)cc3)no2)cc1. The molecule has 3 aromatic rings. The first-order chi connectivity index (χ1) is 12.0. The Hall–Kier alpha value is -3.02. The van der Waals surface area contributed by atoms with E-state index >= 15 is 0 Å². The van der Waals surface area contributed by atoms with Crippen molar-refractivity contribution in [1.82, 2.24) is 10.1 Å². The number of carbonyl (C=O) groups excluding carboxylic acids is 1. The molecule has 0 fully saturated rings. The molecule has 5 nitrogen and oxygen atoms in total. The highest BCUT2D eigenvalue weighted by Crippen LogP contribution is 2.17. The van der Waals surface area contributed by atoms with Crippen LogP contribution in [0.25, 0.3) is 11.4 Å². The van der Waals surface area contributed by atoms with Gasteiger partial charge in [0.15, 0.2) is 6.61 Å². The molecular weight excluding hydrogens is 323 g/mol. The van der Waals surface area contributed by atoms with Crippen molar-refractivity contribution in [2.24, 2.45) is 0 Å². The second kappa shape index (κ2) is 7.25. The number of hydrogen-bond acceptors (Lipinski definition) is 5. The molecule has 0 saturated heterocycles. The Kier molecular flexibility index (Phi) is 4.88. The highest BCUT2D eigenvalue weighted by molar-refractivity contribution is 5.89. The normalized spacial score (nSPS) is 10.9. The number of carbonyl (C=O) groups is 1. The van der Waals surface area contributed by atoms with Crippen LogP contribution in [0.5, 0.6) is 0 Å². The van der Waals surface area contributed by atoms with Crippen molar-refractivity contribution < 1.29 is 18.4 Å². The van der Waals surface area contributed by atoms with Gasteiger partial charge in [0.2, 0.25) is 5.82 Å². The summed E-state index contributed by atoms with van der Waals surface area (Å²) >= 11 is 0. The predicted octanol–water partition coefficient (Wildman–Crippen LogP) is 4.36. The lowest BCUT2D eigenvalue weighted by Crippen LogP contribution is -2.05. The van der Waals surface area contributed by atoms with Crippen LogP contribution in [-0.2, 0) is 11.3 Å². The van der Waals surface area contributed by atoms with Crippen molar-refractivity contribution in [3.05, 3.63) is 71.4 Å². The minimum absolute atomic E-state index is 0.126. The van der Waals surface area contributed by atoms with Crippen LogP contribution in [0.1, 0.15) is 41.6 Å². The van der Waals surface area contributed by atoms with E-state index in [2.05, 4.69) is 24.0 Å². The number of esters is 1. The molecule has 128 valence electrons. The van der Waals surface area contributed by atoms with Gasteiger partial charge in [0.1, 0.15) is 5.82 Å². The summed E-state index contributed by atoms with van der Waals surface area (Å²) in [6, 6.07) is 13.0. The molecule has 1 heterocycles. The van der Waals surface area contributed by atoms with Gasteiger partial charge in [-0.1, -0.05) is 31.1 Å². The molecule has 0 saturated carbocycles. The summed E-state index contributed by atoms with van der Waals surface area (Å²) in [6.07, 6.45) is 0. The molecule has 0 amide bonds. The van der Waals surface area contributed by atoms with Crippen molar-refractivity contribution >= 4 is 5.97 Å². The third-order valence-electron chi connectivity index (χ3n) is 3.71. The van der Waals surface area contributed by atoms with Crippen molar-refractivity contribution in [2.75, 3.05) is 0 Å². The van der Waals surface area contributed by atoms with Gasteiger partial charge in [-0.05, 0) is 47.9 Å². The van der Waals surface area contributed by atoms with Crippen LogP contribution in [0.4, 0.5) is 4.39 Å². The monoisotopic (exact) mass is 340 g/mol. The third-order valence-corrected chi connectivity index (χ3v) is 3.71. The summed E-state index contributed by atoms with van der Waals surface area (Å²) in [6.45, 7) is 4.04. The zero-order valence-corrected chi connectivity index (χ0v) is 13.9. The lowest BCUT2D eigenvalue weighted by atomic mass is 10.0. The van der Waals surface area contributed by atoms with E-state index in [4.69, 9.17) is 9.26 Å². The van der Waals surface area contributed by atoms with Crippen LogP contribution < -0.4 is 0 Å². The van der Waals surface area contributed by atoms with E-state index in [1.54, 1.807) is 24.3 Å². The van der Waals surface area contributed by atoms with Crippen molar-refractivity contribution in [1.29, 1.82) is 0 Å². The molecule has 0 unspecified atom stereocenters. The lowest BCUT2D eigenvalue weighted by molar-refractivity contribution is 0.0430. The Balaban J connectivity index is 1.61. The summed E-state index contributed by atoms with van der Waals surface area (Å²) in [5.74, 6) is 0.0777. The maximum atomic E-state index is 12.9. The highest BCUT2D eigenvalue weighted by atomic mass is 19.1. The molecule has 0 N–H and O–H groups in total. The van der Waals surface area contributed by atoms with E-state index < -0.39 is 5.97 Å². The van der Waals surface area contributed by atoms with Gasteiger partial charge >= 0.3 is 5.97 Å². The Morgan fingerprint density at radius 2 is 1.80 bits per heavy atom. The number of aromatic nitrogens is 2. The molecule has 0 atom stereocenters. The maximum absolute atomic E-state index is 12.9. The second-order valence-corrected chi connectivity index (χ2v) is 5.87. The van der Waals surface area contributed by atoms with E-state index in [1.807, 2.05) is 12.1 Å². The number of benzene rings is 2. The van der Waals surface area contributed by atoms with Crippen molar-refractivity contribution in [3.63, 3.8) is 0 Å². The van der Waals surface area contributed by atoms with E-state index in [-0.39, 0.29) is 18.3 Å². The minimum Gasteiger partial charge on any atom is -0.452 e. The Morgan fingerprint density at radius 3 is 2.44 bits per heavy atom. The number of nitrogens with zero attached hydrogens (tertiary/aromatic N) is 2. The standard InChI is InChI=1S/C19H17FN2O3/c1-12(2)13-3-5-15(6-4-13)19(23)24-11-17-21-18(22-25-17)14-7-9-16(20)10-8-14/h3-10,12H,11H2,1-2H3. The fourth-order valence-corrected chi connectivity index (χ4v) is 2.24. The van der Waals surface area contributed by atoms with Gasteiger partial charge in [0.25, 0.3) is 5.89 Å². The van der Waals surface area contributed by atoms with Crippen LogP contribution >= 0.6 is 0 Å². The van der Waals surface area contributed by atoms with Crippen LogP contribution in [0.3, 0.4) is 0 Å². The zero-order valence-electron chi connectivity index (χ0n) is 13.9. The summed E-state index contributed by atoms with van der Waals surface area (Å²) in [7, 11) is 0. The van der Waals surface area contributed by atoms with E-state index in [0.717, 1.165) is 5.56 Å². The first kappa shape index (κ1) is 16.8. The largest absolute Gasteiger partial charge is 0.452 e. The van der Waals surface area contributed by atoms with Gasteiger partial charge < -0.3 is 9.26 Å². The van der Waals surface area contributed by atoms with Crippen LogP contribution in [-0.4, -0.2) is 16.1 Å². The zero-order chi connectivity index (χ0) is 17.8. The van der Waals surface area contributed by atoms with Crippen molar-refractivity contribution in [2.45, 2.75) is 26.4 Å². The number of ether oxygens (including phenoxy) is 1. The Bertz CT molecular complexity index is 855. The summed E-state index contributed by atoms with van der Waals surface area (Å²) in [5.41, 5.74) is 2.23. The molecule has 0 spiro atoms. The van der Waals surface area contributed by atoms with Crippen LogP contribution in [0.15, 0.2) is 53.1 Å². The lowest BCUT2D eigenvalue weighted by Gasteiger charge is -2.06. The number of halogens is 1. The average Bonchev–Trinajstić information content (AvgIpc) is 3.09. The highest BCUT2D eigenvalue weighted by Gasteiger charge is 2.13. The average molecular weight is 340 g/mol. The molecule has 1 aromatic heterocycles. The topological polar surface area (TPSA) is 65.2 Å². The van der Waals surface area contributed by atoms with Crippen molar-refractivity contribution in [3.8, 4) is 11.4 Å². The van der Waals surface area contributed by atoms with Gasteiger partial charge in [-0.2, -0.15) is 4.98 Å². The summed E-state index contributed by atoms with van der Waals surface area (Å²) < 4.78 is 23.2. The summed E-state index contributed by atoms with van der Waals surface area (Å²) in [4.78, 5) is 16.2. The van der Waals surface area contributed by atoms with Gasteiger partial charge in [0, 0.05) is 5.56 Å². The second-order valence-electron chi connectivity index (χ2n) is 5.87. The molecule has 0 aliphatic rings. The maximum Gasteiger partial charge on any atom is 0.338 e. The molecule has 0 aliphatic carbocycles. The van der Waals surface area contributed by atoms with Gasteiger partial charge in [-0.15, -0.1) is 0 Å². The first-order valence-corrected chi connectivity index (χ1v) is 7.88. The fourth-order valence-electron chi connectivity index (χ4n) is 2.24. The van der Waals surface area contributed by atoms with Gasteiger partial charge in [-0.25, -0.2) is 9.18 Å². The van der Waals surface area contributed by atoms with Gasteiger partial charge in [-0.3, -0.25) is 0 Å². The van der Waals surface area contributed by atoms with E-state index in [0.29, 0.717) is 22.9 Å². The molecule has 3 rings (SSSR count). The third kappa shape index (κ3) is 4.09. The molecule has 0 bridgehead atoms. The molecule has 6 heteroatoms. The summed E-state index contributed by atoms with van der Waals surface area (Å²) in [5, 5.41) is 3.80. The predicted molar refractivity (Wildman–Crippen MR) is 89.3 cm³/mol. The fraction of sp³-hybridized carbons (Fsp3) is 0.211. The van der Waals surface area contributed by atoms with Gasteiger partial charge in [0.05, 0.1) is 5.56 Å². The van der Waals surface area contributed by atoms with E-state index in [9.17, 15) is 9.18 Å². The quantitative estimate of drug-likeness (QED) is 0.646. The van der Waals surface area contributed by atoms with Crippen LogP contribution in [0, 0.1) is 5.82 Å². The Morgan fingerprint density at radius 1 is 1.12 bits per heavy atom.